The van der Waals surface area contributed by atoms with Crippen LogP contribution in [0.25, 0.3) is 0 Å². The van der Waals surface area contributed by atoms with E-state index in [4.69, 9.17) is 4.74 Å². The molecule has 0 atom stereocenters. The summed E-state index contributed by atoms with van der Waals surface area (Å²) in [5.74, 6) is 0. The maximum atomic E-state index is 5.42. The number of benzene rings is 1. The Labute approximate surface area is 129 Å². The highest BCUT2D eigenvalue weighted by molar-refractivity contribution is 5.27. The zero-order valence-corrected chi connectivity index (χ0v) is 13.8. The summed E-state index contributed by atoms with van der Waals surface area (Å²) in [5, 5.41) is 3.59. The van der Waals surface area contributed by atoms with Crippen LogP contribution in [-0.4, -0.2) is 37.7 Å². The zero-order chi connectivity index (χ0) is 15.1. The van der Waals surface area contributed by atoms with E-state index in [1.807, 2.05) is 0 Å². The molecule has 0 bridgehead atoms. The van der Waals surface area contributed by atoms with Crippen molar-refractivity contribution in [1.82, 2.24) is 10.2 Å². The number of ether oxygens (including phenoxy) is 1. The van der Waals surface area contributed by atoms with Crippen molar-refractivity contribution >= 4 is 0 Å². The minimum atomic E-state index is 0.403. The lowest BCUT2D eigenvalue weighted by molar-refractivity contribution is 0.0340. The van der Waals surface area contributed by atoms with Crippen molar-refractivity contribution in [2.75, 3.05) is 32.8 Å². The van der Waals surface area contributed by atoms with Gasteiger partial charge in [-0.15, -0.1) is 0 Å². The van der Waals surface area contributed by atoms with Gasteiger partial charge >= 0.3 is 0 Å². The van der Waals surface area contributed by atoms with Crippen LogP contribution in [-0.2, 0) is 17.8 Å². The summed E-state index contributed by atoms with van der Waals surface area (Å²) in [5.41, 5.74) is 3.28. The molecule has 1 aromatic rings. The summed E-state index contributed by atoms with van der Waals surface area (Å²) in [6, 6.07) is 8.80. The van der Waals surface area contributed by atoms with Crippen molar-refractivity contribution in [3.8, 4) is 0 Å². The zero-order valence-electron chi connectivity index (χ0n) is 13.8. The molecular formula is C18H30N2O. The van der Waals surface area contributed by atoms with Crippen LogP contribution in [0.5, 0.6) is 0 Å². The fourth-order valence-corrected chi connectivity index (χ4v) is 2.57. The second-order valence-corrected chi connectivity index (χ2v) is 7.14. The Morgan fingerprint density at radius 2 is 1.76 bits per heavy atom. The van der Waals surface area contributed by atoms with Gasteiger partial charge in [-0.2, -0.15) is 0 Å². The molecule has 0 radical (unpaired) electrons. The molecule has 0 saturated carbocycles. The quantitative estimate of drug-likeness (QED) is 0.815. The van der Waals surface area contributed by atoms with E-state index in [1.165, 1.54) is 17.5 Å². The van der Waals surface area contributed by atoms with Crippen LogP contribution in [0.2, 0.25) is 0 Å². The smallest absolute Gasteiger partial charge is 0.0594 e. The average Bonchev–Trinajstić information content (AvgIpc) is 2.45. The molecule has 0 amide bonds. The molecule has 1 fully saturated rings. The van der Waals surface area contributed by atoms with E-state index in [1.54, 1.807) is 0 Å². The van der Waals surface area contributed by atoms with Crippen LogP contribution < -0.4 is 5.32 Å². The first-order valence-electron chi connectivity index (χ1n) is 8.12. The molecule has 1 aliphatic rings. The van der Waals surface area contributed by atoms with E-state index in [0.29, 0.717) is 5.41 Å². The van der Waals surface area contributed by atoms with Crippen molar-refractivity contribution < 1.29 is 4.74 Å². The molecule has 3 heteroatoms. The number of morpholine rings is 1. The summed E-state index contributed by atoms with van der Waals surface area (Å²) in [6.07, 6.45) is 1.21. The van der Waals surface area contributed by atoms with Gasteiger partial charge in [-0.3, -0.25) is 4.90 Å². The standard InChI is InChI=1S/C18H30N2O/c1-18(2,3)8-9-19-14-16-6-4-5-7-17(16)15-20-10-12-21-13-11-20/h4-7,19H,8-15H2,1-3H3. The van der Waals surface area contributed by atoms with Crippen LogP contribution in [0, 0.1) is 5.41 Å². The largest absolute Gasteiger partial charge is 0.379 e. The molecule has 1 N–H and O–H groups in total. The van der Waals surface area contributed by atoms with E-state index in [0.717, 1.165) is 45.9 Å². The van der Waals surface area contributed by atoms with Crippen molar-refractivity contribution in [3.05, 3.63) is 35.4 Å². The van der Waals surface area contributed by atoms with E-state index in [-0.39, 0.29) is 0 Å². The molecule has 1 saturated heterocycles. The van der Waals surface area contributed by atoms with Gasteiger partial charge in [-0.25, -0.2) is 0 Å². The second-order valence-electron chi connectivity index (χ2n) is 7.14. The van der Waals surface area contributed by atoms with Gasteiger partial charge in [0.2, 0.25) is 0 Å². The third-order valence-corrected chi connectivity index (χ3v) is 3.98. The summed E-state index contributed by atoms with van der Waals surface area (Å²) in [6.45, 7) is 13.8. The predicted molar refractivity (Wildman–Crippen MR) is 88.3 cm³/mol. The molecule has 1 aliphatic heterocycles. The molecule has 0 spiro atoms. The van der Waals surface area contributed by atoms with Gasteiger partial charge in [-0.05, 0) is 29.5 Å². The van der Waals surface area contributed by atoms with Gasteiger partial charge in [0.05, 0.1) is 13.2 Å². The van der Waals surface area contributed by atoms with Crippen molar-refractivity contribution in [2.24, 2.45) is 5.41 Å². The van der Waals surface area contributed by atoms with Gasteiger partial charge in [-0.1, -0.05) is 45.0 Å². The van der Waals surface area contributed by atoms with Crippen LogP contribution in [0.3, 0.4) is 0 Å². The van der Waals surface area contributed by atoms with Crippen LogP contribution in [0.4, 0.5) is 0 Å². The van der Waals surface area contributed by atoms with Crippen LogP contribution in [0.1, 0.15) is 38.3 Å². The Balaban J connectivity index is 1.84. The lowest BCUT2D eigenvalue weighted by Gasteiger charge is -2.27. The number of nitrogens with zero attached hydrogens (tertiary/aromatic N) is 1. The monoisotopic (exact) mass is 290 g/mol. The maximum Gasteiger partial charge on any atom is 0.0594 e. The van der Waals surface area contributed by atoms with Gasteiger partial charge < -0.3 is 10.1 Å². The van der Waals surface area contributed by atoms with Crippen LogP contribution >= 0.6 is 0 Å². The molecule has 21 heavy (non-hydrogen) atoms. The highest BCUT2D eigenvalue weighted by Gasteiger charge is 2.13. The van der Waals surface area contributed by atoms with Crippen molar-refractivity contribution in [3.63, 3.8) is 0 Å². The van der Waals surface area contributed by atoms with E-state index in [2.05, 4.69) is 55.3 Å². The minimum Gasteiger partial charge on any atom is -0.379 e. The Morgan fingerprint density at radius 3 is 2.43 bits per heavy atom. The van der Waals surface area contributed by atoms with Crippen molar-refractivity contribution in [2.45, 2.75) is 40.3 Å². The molecule has 118 valence electrons. The Bertz CT molecular complexity index is 419. The lowest BCUT2D eigenvalue weighted by Crippen LogP contribution is -2.36. The fraction of sp³-hybridized carbons (Fsp3) is 0.667. The highest BCUT2D eigenvalue weighted by atomic mass is 16.5. The summed E-state index contributed by atoms with van der Waals surface area (Å²) >= 11 is 0. The first-order chi connectivity index (χ1) is 10.0. The third-order valence-electron chi connectivity index (χ3n) is 3.98. The Morgan fingerprint density at radius 1 is 1.10 bits per heavy atom. The van der Waals surface area contributed by atoms with Crippen molar-refractivity contribution in [1.29, 1.82) is 0 Å². The van der Waals surface area contributed by atoms with E-state index < -0.39 is 0 Å². The van der Waals surface area contributed by atoms with E-state index in [9.17, 15) is 0 Å². The normalized spacial score (nSPS) is 17.1. The number of nitrogens with one attached hydrogen (secondary N) is 1. The molecule has 1 heterocycles. The molecule has 0 unspecified atom stereocenters. The van der Waals surface area contributed by atoms with Gasteiger partial charge in [0, 0.05) is 26.2 Å². The Hall–Kier alpha value is -0.900. The Kier molecular flexibility index (Phi) is 6.22. The number of rotatable bonds is 6. The molecule has 0 aromatic heterocycles. The maximum absolute atomic E-state index is 5.42. The molecule has 0 aliphatic carbocycles. The molecule has 3 nitrogen and oxygen atoms in total. The lowest BCUT2D eigenvalue weighted by atomic mass is 9.92. The topological polar surface area (TPSA) is 24.5 Å². The van der Waals surface area contributed by atoms with E-state index >= 15 is 0 Å². The predicted octanol–water partition coefficient (Wildman–Crippen LogP) is 3.04. The average molecular weight is 290 g/mol. The van der Waals surface area contributed by atoms with Gasteiger partial charge in [0.15, 0.2) is 0 Å². The fourth-order valence-electron chi connectivity index (χ4n) is 2.57. The summed E-state index contributed by atoms with van der Waals surface area (Å²) in [7, 11) is 0. The summed E-state index contributed by atoms with van der Waals surface area (Å²) in [4.78, 5) is 2.48. The SMILES string of the molecule is CC(C)(C)CCNCc1ccccc1CN1CCOCC1. The van der Waals surface area contributed by atoms with Gasteiger partial charge in [0.1, 0.15) is 0 Å². The second kappa shape index (κ2) is 7.92. The molecular weight excluding hydrogens is 260 g/mol. The first-order valence-corrected chi connectivity index (χ1v) is 8.12. The first kappa shape index (κ1) is 16.5. The van der Waals surface area contributed by atoms with Crippen LogP contribution in [0.15, 0.2) is 24.3 Å². The molecule has 1 aromatic carbocycles. The molecule has 2 rings (SSSR count). The van der Waals surface area contributed by atoms with Gasteiger partial charge in [0.25, 0.3) is 0 Å². The summed E-state index contributed by atoms with van der Waals surface area (Å²) < 4.78 is 5.42. The minimum absolute atomic E-state index is 0.403. The number of hydrogen-bond acceptors (Lipinski definition) is 3. The number of hydrogen-bond donors (Lipinski definition) is 1. The highest BCUT2D eigenvalue weighted by Crippen LogP contribution is 2.17. The third kappa shape index (κ3) is 6.16.